The van der Waals surface area contributed by atoms with Crippen molar-refractivity contribution in [3.05, 3.63) is 78.6 Å². The minimum atomic E-state index is -0.520. The summed E-state index contributed by atoms with van der Waals surface area (Å²) in [7, 11) is 0.475. The van der Waals surface area contributed by atoms with Crippen LogP contribution >= 0.6 is 0 Å². The van der Waals surface area contributed by atoms with Crippen molar-refractivity contribution in [3.63, 3.8) is 0 Å². The van der Waals surface area contributed by atoms with E-state index in [9.17, 15) is 4.39 Å². The van der Waals surface area contributed by atoms with E-state index in [0.29, 0.717) is 7.69 Å². The molecule has 3 rings (SSSR count). The highest BCUT2D eigenvalue weighted by Gasteiger charge is 2.07. The summed E-state index contributed by atoms with van der Waals surface area (Å²) >= 11 is 0. The summed E-state index contributed by atoms with van der Waals surface area (Å²) in [6.45, 7) is 0. The van der Waals surface area contributed by atoms with Crippen LogP contribution in [0.1, 0.15) is 0 Å². The zero-order valence-corrected chi connectivity index (χ0v) is 11.7. The average Bonchev–Trinajstić information content (AvgIpc) is 2.58. The fourth-order valence-corrected chi connectivity index (χ4v) is 2.34. The smallest absolute Gasteiger partial charge is 0.535 e. The fourth-order valence-electron chi connectivity index (χ4n) is 2.34. The molecular weight excluding hydrogens is 278 g/mol. The Morgan fingerprint density at radius 3 is 2.09 bits per heavy atom. The van der Waals surface area contributed by atoms with Crippen molar-refractivity contribution in [3.8, 4) is 28.0 Å². The third-order valence-electron chi connectivity index (χ3n) is 3.41. The third kappa shape index (κ3) is 3.02. The van der Waals surface area contributed by atoms with Crippen LogP contribution in [0.25, 0.3) is 22.3 Å². The topological polar surface area (TPSA) is 29.5 Å². The summed E-state index contributed by atoms with van der Waals surface area (Å²) in [6.07, 6.45) is 0. The van der Waals surface area contributed by atoms with E-state index in [1.807, 2.05) is 54.6 Å². The van der Waals surface area contributed by atoms with Gasteiger partial charge in [-0.05, 0) is 40.5 Å². The number of benzene rings is 3. The van der Waals surface area contributed by atoms with Crippen LogP contribution < -0.4 is 4.65 Å². The Labute approximate surface area is 129 Å². The SMILES string of the molecule is O[B]Oc1cc(-c2cccc(-c3ccccc3)c2)ccc1F. The number of hydrogen-bond donors (Lipinski definition) is 1. The molecule has 0 aliphatic rings. The first kappa shape index (κ1) is 14.4. The van der Waals surface area contributed by atoms with Crippen LogP contribution in [0.15, 0.2) is 72.8 Å². The molecule has 1 N–H and O–H groups in total. The van der Waals surface area contributed by atoms with E-state index in [1.165, 1.54) is 6.07 Å². The van der Waals surface area contributed by atoms with Crippen molar-refractivity contribution in [2.45, 2.75) is 0 Å². The van der Waals surface area contributed by atoms with Crippen LogP contribution in [0.5, 0.6) is 5.75 Å². The molecule has 2 nitrogen and oxygen atoms in total. The second-order valence-electron chi connectivity index (χ2n) is 4.82. The molecule has 0 unspecified atom stereocenters. The molecule has 0 aromatic heterocycles. The van der Waals surface area contributed by atoms with Gasteiger partial charge in [0.15, 0.2) is 5.82 Å². The first-order valence-corrected chi connectivity index (χ1v) is 6.86. The molecule has 3 aromatic rings. The Hall–Kier alpha value is -2.59. The molecule has 0 bridgehead atoms. The van der Waals surface area contributed by atoms with Gasteiger partial charge in [-0.1, -0.05) is 54.6 Å². The van der Waals surface area contributed by atoms with E-state index in [1.54, 1.807) is 12.1 Å². The van der Waals surface area contributed by atoms with Crippen LogP contribution in [-0.2, 0) is 0 Å². The zero-order valence-electron chi connectivity index (χ0n) is 11.7. The fraction of sp³-hybridized carbons (Fsp3) is 0. The monoisotopic (exact) mass is 291 g/mol. The van der Waals surface area contributed by atoms with Crippen molar-refractivity contribution in [1.29, 1.82) is 0 Å². The van der Waals surface area contributed by atoms with Crippen molar-refractivity contribution in [2.75, 3.05) is 0 Å². The van der Waals surface area contributed by atoms with Crippen LogP contribution in [-0.4, -0.2) is 12.7 Å². The maximum Gasteiger partial charge on any atom is 0.569 e. The molecule has 22 heavy (non-hydrogen) atoms. The summed E-state index contributed by atoms with van der Waals surface area (Å²) in [5, 5.41) is 8.68. The Balaban J connectivity index is 2.01. The number of hydrogen-bond acceptors (Lipinski definition) is 2. The van der Waals surface area contributed by atoms with Crippen LogP contribution in [0.4, 0.5) is 4.39 Å². The lowest BCUT2D eigenvalue weighted by molar-refractivity contribution is 0.432. The van der Waals surface area contributed by atoms with Gasteiger partial charge in [0.2, 0.25) is 0 Å². The standard InChI is InChI=1S/C18H13BFO2/c20-17-10-9-16(12-18(17)22-19-21)15-8-4-7-14(11-15)13-5-2-1-3-6-13/h1-12,21H. The number of rotatable bonds is 4. The van der Waals surface area contributed by atoms with Crippen LogP contribution in [0.2, 0.25) is 0 Å². The molecule has 4 heteroatoms. The molecule has 0 heterocycles. The molecular formula is C18H13BFO2. The molecule has 0 atom stereocenters. The normalized spacial score (nSPS) is 10.3. The zero-order chi connectivity index (χ0) is 15.4. The second kappa shape index (κ2) is 6.45. The van der Waals surface area contributed by atoms with E-state index < -0.39 is 5.82 Å². The van der Waals surface area contributed by atoms with E-state index in [2.05, 4.69) is 0 Å². The summed E-state index contributed by atoms with van der Waals surface area (Å²) < 4.78 is 18.3. The highest BCUT2D eigenvalue weighted by molar-refractivity contribution is 6.17. The predicted octanol–water partition coefficient (Wildman–Crippen LogP) is 4.07. The van der Waals surface area contributed by atoms with E-state index in [4.69, 9.17) is 9.68 Å². The molecule has 0 aliphatic heterocycles. The summed E-state index contributed by atoms with van der Waals surface area (Å²) in [5.74, 6) is -0.529. The summed E-state index contributed by atoms with van der Waals surface area (Å²) in [4.78, 5) is 0. The van der Waals surface area contributed by atoms with E-state index >= 15 is 0 Å². The minimum Gasteiger partial charge on any atom is -0.535 e. The molecule has 3 aromatic carbocycles. The Bertz CT molecular complexity index is 775. The third-order valence-corrected chi connectivity index (χ3v) is 3.41. The van der Waals surface area contributed by atoms with Gasteiger partial charge in [0.25, 0.3) is 0 Å². The maximum absolute atomic E-state index is 13.6. The molecule has 107 valence electrons. The molecule has 0 aliphatic carbocycles. The minimum absolute atomic E-state index is 0.00915. The van der Waals surface area contributed by atoms with Gasteiger partial charge >= 0.3 is 7.69 Å². The van der Waals surface area contributed by atoms with Crippen LogP contribution in [0, 0.1) is 5.82 Å². The highest BCUT2D eigenvalue weighted by Crippen LogP contribution is 2.29. The lowest BCUT2D eigenvalue weighted by Crippen LogP contribution is -2.01. The number of halogens is 1. The van der Waals surface area contributed by atoms with Gasteiger partial charge in [-0.2, -0.15) is 0 Å². The van der Waals surface area contributed by atoms with Crippen molar-refractivity contribution in [2.24, 2.45) is 0 Å². The largest absolute Gasteiger partial charge is 0.569 e. The van der Waals surface area contributed by atoms with E-state index in [-0.39, 0.29) is 5.75 Å². The van der Waals surface area contributed by atoms with Gasteiger partial charge in [0.1, 0.15) is 5.75 Å². The molecule has 0 saturated heterocycles. The quantitative estimate of drug-likeness (QED) is 0.734. The average molecular weight is 291 g/mol. The lowest BCUT2D eigenvalue weighted by atomic mass is 9.99. The van der Waals surface area contributed by atoms with Gasteiger partial charge in [0.05, 0.1) is 0 Å². The molecule has 0 spiro atoms. The highest BCUT2D eigenvalue weighted by atomic mass is 19.1. The lowest BCUT2D eigenvalue weighted by Gasteiger charge is -2.09. The first-order chi connectivity index (χ1) is 10.8. The molecule has 0 amide bonds. The Kier molecular flexibility index (Phi) is 4.21. The Morgan fingerprint density at radius 2 is 1.36 bits per heavy atom. The molecule has 0 fully saturated rings. The van der Waals surface area contributed by atoms with Gasteiger partial charge in [-0.15, -0.1) is 0 Å². The van der Waals surface area contributed by atoms with Crippen LogP contribution in [0.3, 0.4) is 0 Å². The molecule has 0 saturated carbocycles. The summed E-state index contributed by atoms with van der Waals surface area (Å²) in [6, 6.07) is 22.6. The second-order valence-corrected chi connectivity index (χ2v) is 4.82. The van der Waals surface area contributed by atoms with Gasteiger partial charge in [0, 0.05) is 0 Å². The van der Waals surface area contributed by atoms with E-state index in [0.717, 1.165) is 22.3 Å². The molecule has 1 radical (unpaired) electrons. The summed E-state index contributed by atoms with van der Waals surface area (Å²) in [5.41, 5.74) is 3.96. The Morgan fingerprint density at radius 1 is 0.727 bits per heavy atom. The maximum atomic E-state index is 13.6. The van der Waals surface area contributed by atoms with Gasteiger partial charge in [-0.25, -0.2) is 4.39 Å². The van der Waals surface area contributed by atoms with Crippen molar-refractivity contribution in [1.82, 2.24) is 0 Å². The predicted molar refractivity (Wildman–Crippen MR) is 85.9 cm³/mol. The first-order valence-electron chi connectivity index (χ1n) is 6.86. The van der Waals surface area contributed by atoms with Gasteiger partial charge in [-0.3, -0.25) is 0 Å². The van der Waals surface area contributed by atoms with Gasteiger partial charge < -0.3 is 9.68 Å². The van der Waals surface area contributed by atoms with Crippen molar-refractivity contribution >= 4 is 7.69 Å². The van der Waals surface area contributed by atoms with Crippen molar-refractivity contribution < 1.29 is 14.1 Å².